The van der Waals surface area contributed by atoms with E-state index in [-0.39, 0.29) is 17.1 Å². The summed E-state index contributed by atoms with van der Waals surface area (Å²) in [5.74, 6) is 0.211. The molecule has 2 aromatic rings. The average Bonchev–Trinajstić information content (AvgIpc) is 2.61. The lowest BCUT2D eigenvalue weighted by molar-refractivity contribution is -0.385. The lowest BCUT2D eigenvalue weighted by Crippen LogP contribution is -1.91. The first-order valence-electron chi connectivity index (χ1n) is 4.46. The van der Waals surface area contributed by atoms with Crippen LogP contribution >= 0.6 is 15.9 Å². The van der Waals surface area contributed by atoms with Crippen molar-refractivity contribution in [2.24, 2.45) is 0 Å². The van der Waals surface area contributed by atoms with Crippen molar-refractivity contribution in [3.8, 4) is 11.3 Å². The summed E-state index contributed by atoms with van der Waals surface area (Å²) in [6, 6.07) is 7.08. The van der Waals surface area contributed by atoms with Crippen LogP contribution in [0.5, 0.6) is 0 Å². The van der Waals surface area contributed by atoms with Crippen molar-refractivity contribution < 1.29 is 9.45 Å². The molecule has 0 atom stereocenters. The summed E-state index contributed by atoms with van der Waals surface area (Å²) in [5.41, 5.74) is 0.837. The van der Waals surface area contributed by atoms with E-state index in [1.165, 1.54) is 6.92 Å². The van der Waals surface area contributed by atoms with E-state index in [1.807, 2.05) is 0 Å². The Bertz CT molecular complexity index is 533. The number of benzene rings is 1. The number of halogens is 1. The highest BCUT2D eigenvalue weighted by Gasteiger charge is 2.24. The molecule has 0 fully saturated rings. The van der Waals surface area contributed by atoms with Crippen molar-refractivity contribution in [1.29, 1.82) is 0 Å². The average molecular weight is 283 g/mol. The van der Waals surface area contributed by atoms with Gasteiger partial charge in [-0.15, -0.1) is 0 Å². The maximum absolute atomic E-state index is 10.8. The smallest absolute Gasteiger partial charge is 0.339 e. The minimum Gasteiger partial charge on any atom is -0.354 e. The van der Waals surface area contributed by atoms with E-state index in [4.69, 9.17) is 4.52 Å². The van der Waals surface area contributed by atoms with Crippen LogP contribution in [-0.4, -0.2) is 10.1 Å². The molecule has 0 spiro atoms. The van der Waals surface area contributed by atoms with Crippen molar-refractivity contribution in [2.45, 2.75) is 6.92 Å². The number of aromatic nitrogens is 1. The summed E-state index contributed by atoms with van der Waals surface area (Å²) in [6.07, 6.45) is 0. The van der Waals surface area contributed by atoms with E-state index in [0.29, 0.717) is 5.56 Å². The van der Waals surface area contributed by atoms with Crippen LogP contribution in [0.25, 0.3) is 11.3 Å². The largest absolute Gasteiger partial charge is 0.354 e. The maximum atomic E-state index is 10.8. The summed E-state index contributed by atoms with van der Waals surface area (Å²) in [4.78, 5) is 10.4. The molecule has 0 saturated carbocycles. The number of nitrogens with zero attached hydrogens (tertiary/aromatic N) is 2. The Labute approximate surface area is 99.3 Å². The highest BCUT2D eigenvalue weighted by molar-refractivity contribution is 9.10. The predicted octanol–water partition coefficient (Wildman–Crippen LogP) is 3.32. The van der Waals surface area contributed by atoms with E-state index in [0.717, 1.165) is 4.47 Å². The SMILES string of the molecule is Cc1onc(-c2ccc(Br)cc2)c1[N+](=O)[O-]. The summed E-state index contributed by atoms with van der Waals surface area (Å²) in [6.45, 7) is 1.52. The Morgan fingerprint density at radius 2 is 2.00 bits per heavy atom. The molecule has 0 amide bonds. The second kappa shape index (κ2) is 4.05. The minimum absolute atomic E-state index is 0.0812. The van der Waals surface area contributed by atoms with Crippen molar-refractivity contribution in [2.75, 3.05) is 0 Å². The van der Waals surface area contributed by atoms with Crippen molar-refractivity contribution in [1.82, 2.24) is 5.16 Å². The van der Waals surface area contributed by atoms with Gasteiger partial charge in [0.25, 0.3) is 0 Å². The second-order valence-electron chi connectivity index (χ2n) is 3.20. The van der Waals surface area contributed by atoms with Crippen LogP contribution in [-0.2, 0) is 0 Å². The van der Waals surface area contributed by atoms with Gasteiger partial charge in [-0.25, -0.2) is 0 Å². The van der Waals surface area contributed by atoms with Crippen LogP contribution in [0.15, 0.2) is 33.3 Å². The van der Waals surface area contributed by atoms with Gasteiger partial charge in [-0.2, -0.15) is 0 Å². The second-order valence-corrected chi connectivity index (χ2v) is 4.12. The number of hydrogen-bond donors (Lipinski definition) is 0. The summed E-state index contributed by atoms with van der Waals surface area (Å²) in [7, 11) is 0. The molecule has 6 heteroatoms. The Morgan fingerprint density at radius 1 is 1.38 bits per heavy atom. The van der Waals surface area contributed by atoms with Gasteiger partial charge in [0.05, 0.1) is 4.92 Å². The first-order valence-corrected chi connectivity index (χ1v) is 5.25. The molecule has 0 bridgehead atoms. The van der Waals surface area contributed by atoms with Crippen LogP contribution in [0.4, 0.5) is 5.69 Å². The zero-order valence-corrected chi connectivity index (χ0v) is 9.89. The van der Waals surface area contributed by atoms with E-state index in [1.54, 1.807) is 24.3 Å². The maximum Gasteiger partial charge on any atom is 0.339 e. The molecule has 2 rings (SSSR count). The zero-order valence-electron chi connectivity index (χ0n) is 8.31. The molecule has 0 aliphatic rings. The summed E-state index contributed by atoms with van der Waals surface area (Å²) >= 11 is 3.29. The number of aryl methyl sites for hydroxylation is 1. The predicted molar refractivity (Wildman–Crippen MR) is 61.0 cm³/mol. The van der Waals surface area contributed by atoms with Crippen LogP contribution in [0.1, 0.15) is 5.76 Å². The molecule has 1 aromatic heterocycles. The molecule has 82 valence electrons. The third kappa shape index (κ3) is 1.83. The number of hydrogen-bond acceptors (Lipinski definition) is 4. The van der Waals surface area contributed by atoms with E-state index in [9.17, 15) is 10.1 Å². The highest BCUT2D eigenvalue weighted by atomic mass is 79.9. The van der Waals surface area contributed by atoms with Crippen LogP contribution in [0.2, 0.25) is 0 Å². The molecule has 0 aliphatic carbocycles. The number of rotatable bonds is 2. The van der Waals surface area contributed by atoms with Gasteiger partial charge < -0.3 is 4.52 Å². The van der Waals surface area contributed by atoms with Crippen LogP contribution < -0.4 is 0 Å². The van der Waals surface area contributed by atoms with Crippen molar-refractivity contribution in [3.63, 3.8) is 0 Å². The third-order valence-electron chi connectivity index (χ3n) is 2.13. The lowest BCUT2D eigenvalue weighted by Gasteiger charge is -1.95. The van der Waals surface area contributed by atoms with E-state index >= 15 is 0 Å². The monoisotopic (exact) mass is 282 g/mol. The van der Waals surface area contributed by atoms with Gasteiger partial charge in [0.15, 0.2) is 5.69 Å². The van der Waals surface area contributed by atoms with Gasteiger partial charge >= 0.3 is 5.69 Å². The van der Waals surface area contributed by atoms with Gasteiger partial charge in [-0.3, -0.25) is 10.1 Å². The fraction of sp³-hybridized carbons (Fsp3) is 0.100. The topological polar surface area (TPSA) is 69.2 Å². The fourth-order valence-electron chi connectivity index (χ4n) is 1.38. The molecular formula is C10H7BrN2O3. The molecular weight excluding hydrogens is 276 g/mol. The highest BCUT2D eigenvalue weighted by Crippen LogP contribution is 2.32. The molecule has 1 heterocycles. The van der Waals surface area contributed by atoms with E-state index in [2.05, 4.69) is 21.1 Å². The Kier molecular flexibility index (Phi) is 2.74. The fourth-order valence-corrected chi connectivity index (χ4v) is 1.64. The van der Waals surface area contributed by atoms with Gasteiger partial charge in [-0.1, -0.05) is 33.2 Å². The molecule has 0 saturated heterocycles. The molecule has 0 N–H and O–H groups in total. The lowest BCUT2D eigenvalue weighted by atomic mass is 10.1. The molecule has 5 nitrogen and oxygen atoms in total. The van der Waals surface area contributed by atoms with Crippen LogP contribution in [0, 0.1) is 17.0 Å². The molecule has 1 aromatic carbocycles. The van der Waals surface area contributed by atoms with Crippen molar-refractivity contribution in [3.05, 3.63) is 44.6 Å². The van der Waals surface area contributed by atoms with E-state index < -0.39 is 4.92 Å². The zero-order chi connectivity index (χ0) is 11.7. The third-order valence-corrected chi connectivity index (χ3v) is 2.66. The van der Waals surface area contributed by atoms with Gasteiger partial charge in [0, 0.05) is 17.0 Å². The van der Waals surface area contributed by atoms with Gasteiger partial charge in [0.1, 0.15) is 0 Å². The standard InChI is InChI=1S/C10H7BrN2O3/c1-6-10(13(14)15)9(12-16-6)7-2-4-8(11)5-3-7/h2-5H,1H3. The number of nitro groups is 1. The van der Waals surface area contributed by atoms with Gasteiger partial charge in [0.2, 0.25) is 5.76 Å². The molecule has 0 radical (unpaired) electrons. The Morgan fingerprint density at radius 3 is 2.56 bits per heavy atom. The Hall–Kier alpha value is -1.69. The molecule has 0 aliphatic heterocycles. The quantitative estimate of drug-likeness (QED) is 0.626. The first kappa shape index (κ1) is 10.8. The van der Waals surface area contributed by atoms with Gasteiger partial charge in [-0.05, 0) is 12.1 Å². The summed E-state index contributed by atoms with van der Waals surface area (Å²) < 4.78 is 5.74. The Balaban J connectivity index is 2.56. The minimum atomic E-state index is -0.483. The van der Waals surface area contributed by atoms with Crippen molar-refractivity contribution >= 4 is 21.6 Å². The summed E-state index contributed by atoms with van der Waals surface area (Å²) in [5, 5.41) is 14.5. The molecule has 0 unspecified atom stereocenters. The van der Waals surface area contributed by atoms with Crippen LogP contribution in [0.3, 0.4) is 0 Å². The first-order chi connectivity index (χ1) is 7.59. The normalized spacial score (nSPS) is 10.4. The molecule has 16 heavy (non-hydrogen) atoms.